The number of pyridine rings is 1. The number of rotatable bonds is 5. The van der Waals surface area contributed by atoms with E-state index in [9.17, 15) is 9.90 Å². The summed E-state index contributed by atoms with van der Waals surface area (Å²) in [4.78, 5) is 17.6. The maximum absolute atomic E-state index is 13.2. The molecule has 31 heavy (non-hydrogen) atoms. The van der Waals surface area contributed by atoms with E-state index < -0.39 is 11.2 Å². The summed E-state index contributed by atoms with van der Waals surface area (Å²) in [5, 5.41) is 11.7. The van der Waals surface area contributed by atoms with Gasteiger partial charge in [-0.15, -0.1) is 0 Å². The lowest BCUT2D eigenvalue weighted by atomic mass is 9.81. The second kappa shape index (κ2) is 8.45. The number of hydrogen-bond acceptors (Lipinski definition) is 5. The third-order valence-electron chi connectivity index (χ3n) is 5.34. The second-order valence-electron chi connectivity index (χ2n) is 8.51. The smallest absolute Gasteiger partial charge is 0.238 e. The Kier molecular flexibility index (Phi) is 6.43. The highest BCUT2D eigenvalue weighted by Crippen LogP contribution is 2.42. The van der Waals surface area contributed by atoms with Gasteiger partial charge in [-0.3, -0.25) is 4.79 Å². The Labute approximate surface area is 193 Å². The van der Waals surface area contributed by atoms with Gasteiger partial charge in [0.2, 0.25) is 5.88 Å². The zero-order chi connectivity index (χ0) is 23.1. The lowest BCUT2D eigenvalue weighted by Gasteiger charge is -2.40. The van der Waals surface area contributed by atoms with Gasteiger partial charge in [0.05, 0.1) is 16.3 Å². The predicted octanol–water partition coefficient (Wildman–Crippen LogP) is 6.73. The first-order valence-corrected chi connectivity index (χ1v) is 11.0. The molecule has 0 spiro atoms. The molecule has 1 aromatic heterocycles. The lowest BCUT2D eigenvalue weighted by Crippen LogP contribution is -2.49. The average Bonchev–Trinajstić information content (AvgIpc) is 2.68. The zero-order valence-corrected chi connectivity index (χ0v) is 20.1. The number of aryl methyl sites for hydroxylation is 2. The molecule has 5 nitrogen and oxygen atoms in total. The molecule has 2 heterocycles. The van der Waals surface area contributed by atoms with Crippen LogP contribution in [0.5, 0.6) is 11.6 Å². The van der Waals surface area contributed by atoms with E-state index in [2.05, 4.69) is 4.98 Å². The van der Waals surface area contributed by atoms with E-state index in [4.69, 9.17) is 32.7 Å². The number of nitrogens with zero attached hydrogens (tertiary/aromatic N) is 1. The van der Waals surface area contributed by atoms with Gasteiger partial charge in [-0.1, -0.05) is 43.1 Å². The number of aliphatic hydroxyl groups excluding tert-OH is 1. The summed E-state index contributed by atoms with van der Waals surface area (Å²) in [5.74, 6) is 0.295. The maximum Gasteiger partial charge on any atom is 0.238 e. The number of carbonyl (C=O) groups is 1. The van der Waals surface area contributed by atoms with Gasteiger partial charge in [-0.25, -0.2) is 4.98 Å². The topological polar surface area (TPSA) is 68.7 Å². The van der Waals surface area contributed by atoms with Crippen molar-refractivity contribution in [3.05, 3.63) is 56.9 Å². The van der Waals surface area contributed by atoms with Crippen molar-refractivity contribution in [3.8, 4) is 11.6 Å². The van der Waals surface area contributed by atoms with E-state index in [-0.39, 0.29) is 28.0 Å². The molecule has 1 aromatic carbocycles. The molecular formula is C24H27Cl2NO4. The first kappa shape index (κ1) is 23.6. The van der Waals surface area contributed by atoms with Crippen LogP contribution in [0.4, 0.5) is 0 Å². The summed E-state index contributed by atoms with van der Waals surface area (Å²) in [6.07, 6.45) is 1.30. The van der Waals surface area contributed by atoms with Crippen LogP contribution >= 0.6 is 23.2 Å². The molecule has 0 saturated carbocycles. The molecule has 0 amide bonds. The molecule has 0 unspecified atom stereocenters. The van der Waals surface area contributed by atoms with Crippen molar-refractivity contribution in [1.29, 1.82) is 0 Å². The number of ether oxygens (including phenoxy) is 2. The van der Waals surface area contributed by atoms with Crippen LogP contribution in [0.3, 0.4) is 0 Å². The quantitative estimate of drug-likeness (QED) is 0.531. The van der Waals surface area contributed by atoms with Crippen molar-refractivity contribution in [2.75, 3.05) is 0 Å². The van der Waals surface area contributed by atoms with E-state index in [1.54, 1.807) is 45.9 Å². The van der Waals surface area contributed by atoms with Gasteiger partial charge < -0.3 is 14.6 Å². The molecular weight excluding hydrogens is 437 g/mol. The number of carbonyl (C=O) groups excluding carboxylic acids is 1. The maximum atomic E-state index is 13.2. The first-order valence-electron chi connectivity index (χ1n) is 10.3. The molecule has 1 aliphatic heterocycles. The van der Waals surface area contributed by atoms with Crippen LogP contribution in [-0.4, -0.2) is 27.1 Å². The minimum atomic E-state index is -1.08. The summed E-state index contributed by atoms with van der Waals surface area (Å²) in [5.41, 5.74) is 0.339. The van der Waals surface area contributed by atoms with Crippen molar-refractivity contribution >= 4 is 34.6 Å². The van der Waals surface area contributed by atoms with Crippen molar-refractivity contribution < 1.29 is 19.4 Å². The molecule has 1 aliphatic rings. The molecule has 0 fully saturated rings. The summed E-state index contributed by atoms with van der Waals surface area (Å²) in [7, 11) is 0. The number of Topliss-reactive ketones (excluding diaryl/α,β-unsaturated/α-hetero) is 1. The van der Waals surface area contributed by atoms with Gasteiger partial charge in [0.1, 0.15) is 27.7 Å². The SMILES string of the molecule is CCc1ccc(Oc2nc(CC)c(Cl)cc2Cl)cc1C1=C(O)C(C)(C)OC(C)(C)C1=O. The van der Waals surface area contributed by atoms with Crippen LogP contribution in [0.15, 0.2) is 30.0 Å². The lowest BCUT2D eigenvalue weighted by molar-refractivity contribution is -0.158. The van der Waals surface area contributed by atoms with Crippen LogP contribution in [0.1, 0.15) is 58.4 Å². The molecule has 0 radical (unpaired) electrons. The summed E-state index contributed by atoms with van der Waals surface area (Å²) in [6.45, 7) is 10.8. The monoisotopic (exact) mass is 463 g/mol. The zero-order valence-electron chi connectivity index (χ0n) is 18.6. The minimum Gasteiger partial charge on any atom is -0.508 e. The number of aromatic nitrogens is 1. The molecule has 0 aliphatic carbocycles. The van der Waals surface area contributed by atoms with Crippen LogP contribution in [0.2, 0.25) is 10.0 Å². The van der Waals surface area contributed by atoms with Crippen LogP contribution in [0, 0.1) is 0 Å². The Morgan fingerprint density at radius 1 is 1.03 bits per heavy atom. The summed E-state index contributed by atoms with van der Waals surface area (Å²) < 4.78 is 11.8. The van der Waals surface area contributed by atoms with E-state index in [0.717, 1.165) is 5.56 Å². The highest BCUT2D eigenvalue weighted by molar-refractivity contribution is 6.35. The molecule has 0 atom stereocenters. The fourth-order valence-corrected chi connectivity index (χ4v) is 4.30. The van der Waals surface area contributed by atoms with E-state index in [1.165, 1.54) is 0 Å². The molecule has 3 rings (SSSR count). The largest absolute Gasteiger partial charge is 0.508 e. The minimum absolute atomic E-state index is 0.0976. The number of benzene rings is 1. The van der Waals surface area contributed by atoms with Crippen molar-refractivity contribution in [2.24, 2.45) is 0 Å². The normalized spacial score (nSPS) is 17.7. The van der Waals surface area contributed by atoms with Gasteiger partial charge in [0.25, 0.3) is 0 Å². The summed E-state index contributed by atoms with van der Waals surface area (Å²) >= 11 is 12.5. The van der Waals surface area contributed by atoms with Gasteiger partial charge in [-0.05, 0) is 69.9 Å². The van der Waals surface area contributed by atoms with Gasteiger partial charge in [0, 0.05) is 0 Å². The van der Waals surface area contributed by atoms with Crippen LogP contribution < -0.4 is 4.74 Å². The molecule has 2 aromatic rings. The molecule has 166 valence electrons. The van der Waals surface area contributed by atoms with E-state index >= 15 is 0 Å². The molecule has 7 heteroatoms. The Morgan fingerprint density at radius 2 is 1.71 bits per heavy atom. The standard InChI is InChI=1S/C24H27Cl2NO4/c1-7-13-9-10-14(30-22-17(26)12-16(25)18(8-2)27-22)11-15(13)19-20(28)23(3,4)31-24(5,6)21(19)29/h9-12,28H,7-8H2,1-6H3. The van der Waals surface area contributed by atoms with Gasteiger partial charge in [0.15, 0.2) is 5.78 Å². The van der Waals surface area contributed by atoms with Crippen molar-refractivity contribution in [2.45, 2.75) is 65.6 Å². The third-order valence-corrected chi connectivity index (χ3v) is 5.94. The Morgan fingerprint density at radius 3 is 2.32 bits per heavy atom. The fraction of sp³-hybridized carbons (Fsp3) is 0.417. The first-order chi connectivity index (χ1) is 14.4. The second-order valence-corrected chi connectivity index (χ2v) is 9.32. The van der Waals surface area contributed by atoms with Gasteiger partial charge >= 0.3 is 0 Å². The van der Waals surface area contributed by atoms with Crippen molar-refractivity contribution in [3.63, 3.8) is 0 Å². The van der Waals surface area contributed by atoms with Crippen molar-refractivity contribution in [1.82, 2.24) is 4.98 Å². The Bertz CT molecular complexity index is 1070. The molecule has 0 bridgehead atoms. The summed E-state index contributed by atoms with van der Waals surface area (Å²) in [6, 6.07) is 7.00. The number of aliphatic hydroxyl groups is 1. The third kappa shape index (κ3) is 4.45. The fourth-order valence-electron chi connectivity index (χ4n) is 3.77. The highest BCUT2D eigenvalue weighted by Gasteiger charge is 2.47. The predicted molar refractivity (Wildman–Crippen MR) is 123 cm³/mol. The van der Waals surface area contributed by atoms with Gasteiger partial charge in [-0.2, -0.15) is 0 Å². The van der Waals surface area contributed by atoms with Crippen LogP contribution in [-0.2, 0) is 22.4 Å². The molecule has 0 saturated heterocycles. The number of halogens is 2. The Balaban J connectivity index is 2.13. The van der Waals surface area contributed by atoms with E-state index in [0.29, 0.717) is 34.9 Å². The average molecular weight is 464 g/mol. The molecule has 1 N–H and O–H groups in total. The Hall–Kier alpha value is -2.08. The highest BCUT2D eigenvalue weighted by atomic mass is 35.5. The van der Waals surface area contributed by atoms with Crippen LogP contribution in [0.25, 0.3) is 5.57 Å². The van der Waals surface area contributed by atoms with E-state index in [1.807, 2.05) is 19.9 Å². The number of ketones is 1. The number of hydrogen-bond donors (Lipinski definition) is 1.